The maximum absolute atomic E-state index is 5.63. The van der Waals surface area contributed by atoms with Gasteiger partial charge in [0.25, 0.3) is 0 Å². The van der Waals surface area contributed by atoms with Crippen LogP contribution in [0.15, 0.2) is 70.3 Å². The lowest BCUT2D eigenvalue weighted by Crippen LogP contribution is -2.44. The van der Waals surface area contributed by atoms with Gasteiger partial charge in [0.2, 0.25) is 5.89 Å². The molecule has 1 fully saturated rings. The second kappa shape index (κ2) is 8.82. The molecule has 1 atom stereocenters. The van der Waals surface area contributed by atoms with Crippen molar-refractivity contribution in [1.29, 1.82) is 0 Å². The minimum absolute atomic E-state index is 0.363. The van der Waals surface area contributed by atoms with Crippen molar-refractivity contribution in [2.24, 2.45) is 4.99 Å². The monoisotopic (exact) mass is 389 g/mol. The summed E-state index contributed by atoms with van der Waals surface area (Å²) in [5.74, 6) is 1.42. The van der Waals surface area contributed by atoms with E-state index >= 15 is 0 Å². The van der Waals surface area contributed by atoms with Gasteiger partial charge in [-0.15, -0.1) is 0 Å². The molecule has 2 heterocycles. The molecular formula is C23H27N5O. The van der Waals surface area contributed by atoms with Gasteiger partial charge >= 0.3 is 0 Å². The zero-order valence-corrected chi connectivity index (χ0v) is 16.9. The molecule has 1 saturated heterocycles. The molecule has 2 aromatic carbocycles. The van der Waals surface area contributed by atoms with Crippen molar-refractivity contribution in [2.45, 2.75) is 25.9 Å². The summed E-state index contributed by atoms with van der Waals surface area (Å²) in [5.41, 5.74) is 4.32. The quantitative estimate of drug-likeness (QED) is 0.516. The van der Waals surface area contributed by atoms with E-state index in [0.717, 1.165) is 36.7 Å². The largest absolute Gasteiger partial charge is 0.444 e. The molecule has 0 radical (unpaired) electrons. The fourth-order valence-electron chi connectivity index (χ4n) is 3.53. The molecule has 1 unspecified atom stereocenters. The Labute approximate surface area is 171 Å². The van der Waals surface area contributed by atoms with Crippen LogP contribution in [-0.4, -0.2) is 37.1 Å². The van der Waals surface area contributed by atoms with Crippen molar-refractivity contribution in [3.63, 3.8) is 0 Å². The number of anilines is 1. The number of hydrogen-bond donors (Lipinski definition) is 2. The number of guanidine groups is 1. The first-order chi connectivity index (χ1) is 14.2. The highest BCUT2D eigenvalue weighted by Crippen LogP contribution is 2.20. The van der Waals surface area contributed by atoms with Crippen LogP contribution in [0.4, 0.5) is 5.69 Å². The first-order valence-corrected chi connectivity index (χ1v) is 10.00. The van der Waals surface area contributed by atoms with E-state index in [1.54, 1.807) is 13.3 Å². The van der Waals surface area contributed by atoms with E-state index in [-0.39, 0.29) is 0 Å². The number of aliphatic imine (C=N–C) groups is 1. The normalized spacial score (nSPS) is 16.8. The summed E-state index contributed by atoms with van der Waals surface area (Å²) in [6.45, 7) is 4.63. The van der Waals surface area contributed by atoms with Crippen LogP contribution in [0, 0.1) is 6.92 Å². The standard InChI is InChI=1S/C23H27N5O/c1-17-8-10-18(11-9-17)22-26-20(16-29-22)14-25-23(24-2)27-19-12-13-28(15-19)21-6-4-3-5-7-21/h3-11,16,19H,12-15H2,1-2H3,(H2,24,25,27). The predicted octanol–water partition coefficient (Wildman–Crippen LogP) is 3.59. The Bertz CT molecular complexity index is 949. The molecule has 0 saturated carbocycles. The number of hydrogen-bond acceptors (Lipinski definition) is 4. The Kier molecular flexibility index (Phi) is 5.79. The summed E-state index contributed by atoms with van der Waals surface area (Å²) >= 11 is 0. The van der Waals surface area contributed by atoms with Crippen LogP contribution in [0.1, 0.15) is 17.7 Å². The molecule has 6 nitrogen and oxygen atoms in total. The number of aromatic nitrogens is 1. The van der Waals surface area contributed by atoms with E-state index in [1.165, 1.54) is 11.3 Å². The Morgan fingerprint density at radius 3 is 2.72 bits per heavy atom. The molecule has 4 rings (SSSR count). The SMILES string of the molecule is CN=C(NCc1coc(-c2ccc(C)cc2)n1)NC1CCN(c2ccccc2)C1. The lowest BCUT2D eigenvalue weighted by Gasteiger charge is -2.20. The summed E-state index contributed by atoms with van der Waals surface area (Å²) in [5, 5.41) is 6.86. The average Bonchev–Trinajstić information content (AvgIpc) is 3.42. The van der Waals surface area contributed by atoms with Gasteiger partial charge in [-0.1, -0.05) is 35.9 Å². The Hall–Kier alpha value is -3.28. The number of rotatable bonds is 5. The highest BCUT2D eigenvalue weighted by molar-refractivity contribution is 5.80. The highest BCUT2D eigenvalue weighted by Gasteiger charge is 2.23. The van der Waals surface area contributed by atoms with E-state index in [0.29, 0.717) is 18.5 Å². The molecule has 2 N–H and O–H groups in total. The maximum atomic E-state index is 5.63. The predicted molar refractivity (Wildman–Crippen MR) is 117 cm³/mol. The van der Waals surface area contributed by atoms with E-state index < -0.39 is 0 Å². The number of oxazole rings is 1. The van der Waals surface area contributed by atoms with Gasteiger partial charge in [-0.05, 0) is 37.6 Å². The summed E-state index contributed by atoms with van der Waals surface area (Å²) < 4.78 is 5.63. The summed E-state index contributed by atoms with van der Waals surface area (Å²) in [6.07, 6.45) is 2.78. The van der Waals surface area contributed by atoms with Crippen molar-refractivity contribution in [3.8, 4) is 11.5 Å². The minimum Gasteiger partial charge on any atom is -0.444 e. The average molecular weight is 390 g/mol. The molecule has 3 aromatic rings. The van der Waals surface area contributed by atoms with Crippen LogP contribution >= 0.6 is 0 Å². The molecule has 1 aliphatic rings. The van der Waals surface area contributed by atoms with E-state index in [9.17, 15) is 0 Å². The first-order valence-electron chi connectivity index (χ1n) is 10.00. The van der Waals surface area contributed by atoms with E-state index in [2.05, 4.69) is 74.9 Å². The second-order valence-electron chi connectivity index (χ2n) is 7.35. The van der Waals surface area contributed by atoms with Crippen LogP contribution < -0.4 is 15.5 Å². The number of benzene rings is 2. The Morgan fingerprint density at radius 2 is 1.97 bits per heavy atom. The van der Waals surface area contributed by atoms with Gasteiger partial charge in [0, 0.05) is 37.4 Å². The van der Waals surface area contributed by atoms with Gasteiger partial charge in [0.1, 0.15) is 6.26 Å². The maximum Gasteiger partial charge on any atom is 0.226 e. The van der Waals surface area contributed by atoms with E-state index in [4.69, 9.17) is 4.42 Å². The zero-order valence-electron chi connectivity index (χ0n) is 16.9. The molecule has 1 aromatic heterocycles. The van der Waals surface area contributed by atoms with Gasteiger partial charge in [-0.3, -0.25) is 4.99 Å². The van der Waals surface area contributed by atoms with Crippen LogP contribution in [0.2, 0.25) is 0 Å². The van der Waals surface area contributed by atoms with Crippen molar-refractivity contribution in [1.82, 2.24) is 15.6 Å². The van der Waals surface area contributed by atoms with Crippen LogP contribution in [0.5, 0.6) is 0 Å². The molecular weight excluding hydrogens is 362 g/mol. The van der Waals surface area contributed by atoms with Crippen molar-refractivity contribution in [2.75, 3.05) is 25.0 Å². The number of aryl methyl sites for hydroxylation is 1. The smallest absolute Gasteiger partial charge is 0.226 e. The summed E-state index contributed by atoms with van der Waals surface area (Å²) in [6, 6.07) is 19.1. The van der Waals surface area contributed by atoms with Gasteiger partial charge in [-0.2, -0.15) is 0 Å². The van der Waals surface area contributed by atoms with Gasteiger partial charge in [0.15, 0.2) is 5.96 Å². The fraction of sp³-hybridized carbons (Fsp3) is 0.304. The first kappa shape index (κ1) is 19.1. The lowest BCUT2D eigenvalue weighted by atomic mass is 10.1. The van der Waals surface area contributed by atoms with Crippen LogP contribution in [-0.2, 0) is 6.54 Å². The highest BCUT2D eigenvalue weighted by atomic mass is 16.3. The topological polar surface area (TPSA) is 65.7 Å². The minimum atomic E-state index is 0.363. The molecule has 0 spiro atoms. The van der Waals surface area contributed by atoms with Gasteiger partial charge in [-0.25, -0.2) is 4.98 Å². The second-order valence-corrected chi connectivity index (χ2v) is 7.35. The van der Waals surface area contributed by atoms with Crippen molar-refractivity contribution in [3.05, 3.63) is 72.1 Å². The van der Waals surface area contributed by atoms with Crippen molar-refractivity contribution < 1.29 is 4.42 Å². The molecule has 1 aliphatic heterocycles. The van der Waals surface area contributed by atoms with Gasteiger partial charge < -0.3 is 20.0 Å². The number of para-hydroxylation sites is 1. The Balaban J connectivity index is 1.30. The summed E-state index contributed by atoms with van der Waals surface area (Å²) in [4.78, 5) is 11.3. The van der Waals surface area contributed by atoms with Crippen LogP contribution in [0.3, 0.4) is 0 Å². The van der Waals surface area contributed by atoms with Crippen LogP contribution in [0.25, 0.3) is 11.5 Å². The third-order valence-corrected chi connectivity index (χ3v) is 5.16. The van der Waals surface area contributed by atoms with E-state index in [1.807, 2.05) is 12.1 Å². The zero-order chi connectivity index (χ0) is 20.1. The Morgan fingerprint density at radius 1 is 1.17 bits per heavy atom. The molecule has 150 valence electrons. The van der Waals surface area contributed by atoms with Crippen molar-refractivity contribution >= 4 is 11.6 Å². The number of nitrogens with zero attached hydrogens (tertiary/aromatic N) is 3. The van der Waals surface area contributed by atoms with Gasteiger partial charge in [0.05, 0.1) is 12.2 Å². The molecule has 0 aliphatic carbocycles. The molecule has 6 heteroatoms. The molecule has 0 amide bonds. The third-order valence-electron chi connectivity index (χ3n) is 5.16. The molecule has 29 heavy (non-hydrogen) atoms. The number of nitrogens with one attached hydrogen (secondary N) is 2. The summed E-state index contributed by atoms with van der Waals surface area (Å²) in [7, 11) is 1.79. The molecule has 0 bridgehead atoms. The third kappa shape index (κ3) is 4.77. The lowest BCUT2D eigenvalue weighted by molar-refractivity contribution is 0.572. The fourth-order valence-corrected chi connectivity index (χ4v) is 3.53.